The van der Waals surface area contributed by atoms with E-state index in [0.717, 1.165) is 54.3 Å². The first-order valence-electron chi connectivity index (χ1n) is 7.35. The van der Waals surface area contributed by atoms with Gasteiger partial charge in [-0.25, -0.2) is 0 Å². The Morgan fingerprint density at radius 2 is 2.00 bits per heavy atom. The van der Waals surface area contributed by atoms with E-state index in [2.05, 4.69) is 16.6 Å². The maximum atomic E-state index is 6.00. The van der Waals surface area contributed by atoms with Gasteiger partial charge in [0.1, 0.15) is 0 Å². The Labute approximate surface area is 130 Å². The van der Waals surface area contributed by atoms with Crippen molar-refractivity contribution in [3.05, 3.63) is 52.7 Å². The van der Waals surface area contributed by atoms with Crippen molar-refractivity contribution in [1.29, 1.82) is 0 Å². The number of halogens is 1. The van der Waals surface area contributed by atoms with Gasteiger partial charge in [0.25, 0.3) is 0 Å². The minimum absolute atomic E-state index is 0.757. The second-order valence-corrected chi connectivity index (χ2v) is 6.08. The summed E-state index contributed by atoms with van der Waals surface area (Å²) in [7, 11) is 0. The molecule has 1 N–H and O–H groups in total. The van der Waals surface area contributed by atoms with Gasteiger partial charge in [-0.3, -0.25) is 4.68 Å². The van der Waals surface area contributed by atoms with Crippen LogP contribution in [-0.2, 0) is 19.4 Å². The van der Waals surface area contributed by atoms with Gasteiger partial charge >= 0.3 is 0 Å². The Kier molecular flexibility index (Phi) is 4.13. The van der Waals surface area contributed by atoms with Gasteiger partial charge < -0.3 is 5.32 Å². The third-order valence-electron chi connectivity index (χ3n) is 3.79. The summed E-state index contributed by atoms with van der Waals surface area (Å²) in [4.78, 5) is 0. The monoisotopic (exact) mass is 301 g/mol. The highest BCUT2D eigenvalue weighted by Crippen LogP contribution is 2.28. The maximum absolute atomic E-state index is 6.00. The number of allylic oxidation sites excluding steroid dienone is 1. The average molecular weight is 302 g/mol. The molecule has 2 heterocycles. The zero-order valence-corrected chi connectivity index (χ0v) is 13.1. The van der Waals surface area contributed by atoms with Crippen molar-refractivity contribution in [2.75, 3.05) is 13.1 Å². The van der Waals surface area contributed by atoms with E-state index in [1.807, 2.05) is 31.2 Å². The SMILES string of the molecule is C=C(C)Cn1nc(-c2ccc(Cl)cc2)c2c1CCNCC2. The molecule has 1 aromatic heterocycles. The quantitative estimate of drug-likeness (QED) is 0.880. The first-order chi connectivity index (χ1) is 10.1. The molecule has 2 aromatic rings. The molecule has 3 nitrogen and oxygen atoms in total. The van der Waals surface area contributed by atoms with E-state index in [4.69, 9.17) is 16.7 Å². The molecule has 0 saturated carbocycles. The molecule has 3 rings (SSSR count). The van der Waals surface area contributed by atoms with Gasteiger partial charge in [-0.1, -0.05) is 35.9 Å². The van der Waals surface area contributed by atoms with Crippen LogP contribution in [0.4, 0.5) is 0 Å². The molecule has 1 aliphatic heterocycles. The molecule has 0 radical (unpaired) electrons. The predicted octanol–water partition coefficient (Wildman–Crippen LogP) is 3.47. The van der Waals surface area contributed by atoms with Crippen molar-refractivity contribution in [1.82, 2.24) is 15.1 Å². The number of rotatable bonds is 3. The van der Waals surface area contributed by atoms with Crippen LogP contribution < -0.4 is 5.32 Å². The molecule has 110 valence electrons. The summed E-state index contributed by atoms with van der Waals surface area (Å²) in [6, 6.07) is 7.95. The number of nitrogens with one attached hydrogen (secondary N) is 1. The van der Waals surface area contributed by atoms with Crippen LogP contribution in [0.3, 0.4) is 0 Å². The fourth-order valence-corrected chi connectivity index (χ4v) is 2.97. The van der Waals surface area contributed by atoms with Crippen molar-refractivity contribution in [3.63, 3.8) is 0 Å². The lowest BCUT2D eigenvalue weighted by Gasteiger charge is -2.06. The summed E-state index contributed by atoms with van der Waals surface area (Å²) in [6.07, 6.45) is 2.03. The third-order valence-corrected chi connectivity index (χ3v) is 4.05. The summed E-state index contributed by atoms with van der Waals surface area (Å²) >= 11 is 6.00. The number of fused-ring (bicyclic) bond motifs is 1. The largest absolute Gasteiger partial charge is 0.316 e. The molecular weight excluding hydrogens is 282 g/mol. The van der Waals surface area contributed by atoms with Crippen LogP contribution in [0, 0.1) is 0 Å². The maximum Gasteiger partial charge on any atom is 0.0958 e. The van der Waals surface area contributed by atoms with E-state index in [-0.39, 0.29) is 0 Å². The standard InChI is InChI=1S/C17H20ClN3/c1-12(2)11-21-16-8-10-19-9-7-15(16)17(20-21)13-3-5-14(18)6-4-13/h3-6,19H,1,7-11H2,2H3. The molecule has 0 fully saturated rings. The predicted molar refractivity (Wildman–Crippen MR) is 87.8 cm³/mol. The highest BCUT2D eigenvalue weighted by molar-refractivity contribution is 6.30. The number of nitrogens with zero attached hydrogens (tertiary/aromatic N) is 2. The molecule has 1 aliphatic rings. The van der Waals surface area contributed by atoms with Gasteiger partial charge in [-0.15, -0.1) is 0 Å². The summed E-state index contributed by atoms with van der Waals surface area (Å²) in [5.74, 6) is 0. The van der Waals surface area contributed by atoms with Crippen molar-refractivity contribution < 1.29 is 0 Å². The van der Waals surface area contributed by atoms with Crippen LogP contribution in [0.15, 0.2) is 36.4 Å². The van der Waals surface area contributed by atoms with Gasteiger partial charge in [-0.05, 0) is 32.0 Å². The molecular formula is C17H20ClN3. The lowest BCUT2D eigenvalue weighted by molar-refractivity contribution is 0.624. The third kappa shape index (κ3) is 3.04. The van der Waals surface area contributed by atoms with E-state index in [1.54, 1.807) is 0 Å². The molecule has 0 saturated heterocycles. The van der Waals surface area contributed by atoms with Crippen molar-refractivity contribution >= 4 is 11.6 Å². The highest BCUT2D eigenvalue weighted by Gasteiger charge is 2.20. The second-order valence-electron chi connectivity index (χ2n) is 5.65. The second kappa shape index (κ2) is 6.04. The van der Waals surface area contributed by atoms with Crippen molar-refractivity contribution in [3.8, 4) is 11.3 Å². The van der Waals surface area contributed by atoms with Gasteiger partial charge in [0.2, 0.25) is 0 Å². The van der Waals surface area contributed by atoms with Crippen LogP contribution in [-0.4, -0.2) is 22.9 Å². The zero-order valence-electron chi connectivity index (χ0n) is 12.3. The first-order valence-corrected chi connectivity index (χ1v) is 7.72. The summed E-state index contributed by atoms with van der Waals surface area (Å²) in [5, 5.41) is 9.08. The average Bonchev–Trinajstić information content (AvgIpc) is 2.63. The first kappa shape index (κ1) is 14.4. The Hall–Kier alpha value is -1.58. The Balaban J connectivity index is 2.09. The Morgan fingerprint density at radius 1 is 1.29 bits per heavy atom. The summed E-state index contributed by atoms with van der Waals surface area (Å²) in [6.45, 7) is 8.87. The lowest BCUT2D eigenvalue weighted by atomic mass is 10.0. The smallest absolute Gasteiger partial charge is 0.0958 e. The molecule has 0 aliphatic carbocycles. The van der Waals surface area contributed by atoms with Crippen molar-refractivity contribution in [2.45, 2.75) is 26.3 Å². The minimum atomic E-state index is 0.757. The van der Waals surface area contributed by atoms with Crippen LogP contribution >= 0.6 is 11.6 Å². The molecule has 0 atom stereocenters. The molecule has 0 amide bonds. The molecule has 0 unspecified atom stereocenters. The van der Waals surface area contributed by atoms with Crippen molar-refractivity contribution in [2.24, 2.45) is 0 Å². The van der Waals surface area contributed by atoms with E-state index in [1.165, 1.54) is 11.3 Å². The zero-order chi connectivity index (χ0) is 14.8. The summed E-state index contributed by atoms with van der Waals surface area (Å²) in [5.41, 5.74) is 6.06. The van der Waals surface area contributed by atoms with E-state index in [0.29, 0.717) is 0 Å². The summed E-state index contributed by atoms with van der Waals surface area (Å²) < 4.78 is 2.12. The van der Waals surface area contributed by atoms with E-state index >= 15 is 0 Å². The van der Waals surface area contributed by atoms with E-state index in [9.17, 15) is 0 Å². The fourth-order valence-electron chi connectivity index (χ4n) is 2.85. The Bertz CT molecular complexity index is 655. The normalized spacial score (nSPS) is 14.6. The van der Waals surface area contributed by atoms with Gasteiger partial charge in [0.15, 0.2) is 0 Å². The minimum Gasteiger partial charge on any atom is -0.316 e. The molecule has 4 heteroatoms. The van der Waals surface area contributed by atoms with Gasteiger partial charge in [-0.2, -0.15) is 5.10 Å². The van der Waals surface area contributed by atoms with E-state index < -0.39 is 0 Å². The molecule has 1 aromatic carbocycles. The van der Waals surface area contributed by atoms with Crippen LogP contribution in [0.25, 0.3) is 11.3 Å². The molecule has 0 spiro atoms. The van der Waals surface area contributed by atoms with Crippen LogP contribution in [0.2, 0.25) is 5.02 Å². The van der Waals surface area contributed by atoms with Crippen LogP contribution in [0.5, 0.6) is 0 Å². The van der Waals surface area contributed by atoms with Crippen LogP contribution in [0.1, 0.15) is 18.2 Å². The van der Waals surface area contributed by atoms with Gasteiger partial charge in [0.05, 0.1) is 12.2 Å². The number of aromatic nitrogens is 2. The lowest BCUT2D eigenvalue weighted by Crippen LogP contribution is -2.17. The van der Waals surface area contributed by atoms with Gasteiger partial charge in [0, 0.05) is 34.8 Å². The molecule has 21 heavy (non-hydrogen) atoms. The topological polar surface area (TPSA) is 29.9 Å². The molecule has 0 bridgehead atoms. The number of hydrogen-bond acceptors (Lipinski definition) is 2. The number of hydrogen-bond donors (Lipinski definition) is 1. The number of benzene rings is 1. The highest BCUT2D eigenvalue weighted by atomic mass is 35.5. The fraction of sp³-hybridized carbons (Fsp3) is 0.353. The Morgan fingerprint density at radius 3 is 2.71 bits per heavy atom.